The minimum atomic E-state index is -1.02. The Morgan fingerprint density at radius 1 is 1.42 bits per heavy atom. The van der Waals surface area contributed by atoms with Crippen molar-refractivity contribution >= 4 is 24.0 Å². The first-order valence-electron chi connectivity index (χ1n) is 5.99. The fourth-order valence-electron chi connectivity index (χ4n) is 2.12. The summed E-state index contributed by atoms with van der Waals surface area (Å²) in [6, 6.07) is 3.75. The molecule has 0 aliphatic carbocycles. The van der Waals surface area contributed by atoms with Gasteiger partial charge in [0.25, 0.3) is 0 Å². The average Bonchev–Trinajstić information content (AvgIpc) is 2.36. The van der Waals surface area contributed by atoms with E-state index >= 15 is 0 Å². The third kappa shape index (κ3) is 3.42. The quantitative estimate of drug-likeness (QED) is 0.879. The van der Waals surface area contributed by atoms with E-state index in [1.165, 1.54) is 12.1 Å². The van der Waals surface area contributed by atoms with Gasteiger partial charge in [0.15, 0.2) is 11.6 Å². The smallest absolute Gasteiger partial charge is 0.231 e. The summed E-state index contributed by atoms with van der Waals surface area (Å²) >= 11 is 0. The second-order valence-corrected chi connectivity index (χ2v) is 4.90. The molecule has 3 nitrogen and oxygen atoms in total. The van der Waals surface area contributed by atoms with E-state index in [0.29, 0.717) is 6.54 Å². The molecule has 1 unspecified atom stereocenters. The number of carbonyl (C=O) groups excluding carboxylic acids is 1. The maximum atomic E-state index is 13.4. The van der Waals surface area contributed by atoms with E-state index in [0.717, 1.165) is 25.5 Å². The second-order valence-electron chi connectivity index (χ2n) is 4.90. The van der Waals surface area contributed by atoms with Crippen molar-refractivity contribution in [1.29, 1.82) is 0 Å². The first kappa shape index (κ1) is 15.9. The number of nitrogens with one attached hydrogen (secondary N) is 2. The Hall–Kier alpha value is -1.20. The summed E-state index contributed by atoms with van der Waals surface area (Å²) in [6.45, 7) is 3.26. The molecule has 2 N–H and O–H groups in total. The lowest BCUT2D eigenvalue weighted by Crippen LogP contribution is -2.46. The summed E-state index contributed by atoms with van der Waals surface area (Å²) in [5.41, 5.74) is -0.677. The zero-order valence-corrected chi connectivity index (χ0v) is 11.4. The van der Waals surface area contributed by atoms with Gasteiger partial charge >= 0.3 is 0 Å². The molecule has 1 amide bonds. The highest BCUT2D eigenvalue weighted by molar-refractivity contribution is 5.95. The minimum Gasteiger partial charge on any atom is -0.323 e. The molecule has 0 saturated carbocycles. The molecule has 6 heteroatoms. The van der Waals surface area contributed by atoms with E-state index in [1.807, 2.05) is 6.92 Å². The van der Waals surface area contributed by atoms with Crippen LogP contribution in [0.2, 0.25) is 0 Å². The standard InChI is InChI=1S/C13H16F2N2O.ClH/c1-13(6-3-7-16-8-13)12(18)17-10-5-2-4-9(14)11(10)15;/h2,4-5,16H,3,6-8H2,1H3,(H,17,18);1H. The van der Waals surface area contributed by atoms with Gasteiger partial charge in [0, 0.05) is 6.54 Å². The van der Waals surface area contributed by atoms with Crippen LogP contribution in [0, 0.1) is 17.0 Å². The molecule has 19 heavy (non-hydrogen) atoms. The fourth-order valence-corrected chi connectivity index (χ4v) is 2.12. The van der Waals surface area contributed by atoms with Crippen molar-refractivity contribution < 1.29 is 13.6 Å². The van der Waals surface area contributed by atoms with Gasteiger partial charge in [0.2, 0.25) is 5.91 Å². The summed E-state index contributed by atoms with van der Waals surface area (Å²) in [5.74, 6) is -2.25. The minimum absolute atomic E-state index is 0. The molecular weight excluding hydrogens is 274 g/mol. The molecular formula is C13H17ClF2N2O. The second kappa shape index (κ2) is 6.30. The Kier molecular flexibility index (Phi) is 5.26. The lowest BCUT2D eigenvalue weighted by Gasteiger charge is -2.32. The Labute approximate surface area is 117 Å². The average molecular weight is 291 g/mol. The van der Waals surface area contributed by atoms with Crippen molar-refractivity contribution in [3.05, 3.63) is 29.8 Å². The number of carbonyl (C=O) groups is 1. The van der Waals surface area contributed by atoms with Gasteiger partial charge in [0.1, 0.15) is 0 Å². The zero-order valence-electron chi connectivity index (χ0n) is 10.6. The summed E-state index contributed by atoms with van der Waals surface area (Å²) in [6.07, 6.45) is 1.64. The van der Waals surface area contributed by atoms with Crippen LogP contribution in [-0.2, 0) is 4.79 Å². The normalized spacial score (nSPS) is 22.5. The number of hydrogen-bond acceptors (Lipinski definition) is 2. The topological polar surface area (TPSA) is 41.1 Å². The van der Waals surface area contributed by atoms with Gasteiger partial charge in [-0.3, -0.25) is 4.79 Å². The molecule has 0 radical (unpaired) electrons. The van der Waals surface area contributed by atoms with Crippen molar-refractivity contribution in [3.63, 3.8) is 0 Å². The van der Waals surface area contributed by atoms with Crippen molar-refractivity contribution in [2.24, 2.45) is 5.41 Å². The van der Waals surface area contributed by atoms with Crippen LogP contribution in [0.1, 0.15) is 19.8 Å². The maximum Gasteiger partial charge on any atom is 0.231 e. The SMILES string of the molecule is CC1(C(=O)Nc2cccc(F)c2F)CCCNC1.Cl. The Morgan fingerprint density at radius 2 is 2.16 bits per heavy atom. The zero-order chi connectivity index (χ0) is 13.2. The van der Waals surface area contributed by atoms with Gasteiger partial charge in [0.05, 0.1) is 11.1 Å². The number of halogens is 3. The van der Waals surface area contributed by atoms with Crippen LogP contribution in [0.4, 0.5) is 14.5 Å². The number of hydrogen-bond donors (Lipinski definition) is 2. The summed E-state index contributed by atoms with van der Waals surface area (Å²) in [4.78, 5) is 12.1. The monoisotopic (exact) mass is 290 g/mol. The van der Waals surface area contributed by atoms with Gasteiger partial charge in [-0.15, -0.1) is 12.4 Å². The van der Waals surface area contributed by atoms with Crippen LogP contribution < -0.4 is 10.6 Å². The van der Waals surface area contributed by atoms with Crippen LogP contribution in [0.25, 0.3) is 0 Å². The molecule has 1 atom stereocenters. The van der Waals surface area contributed by atoms with Crippen LogP contribution in [0.5, 0.6) is 0 Å². The van der Waals surface area contributed by atoms with Crippen LogP contribution in [0.3, 0.4) is 0 Å². The number of piperidine rings is 1. The van der Waals surface area contributed by atoms with E-state index in [9.17, 15) is 13.6 Å². The van der Waals surface area contributed by atoms with E-state index in [1.54, 1.807) is 0 Å². The van der Waals surface area contributed by atoms with Crippen molar-refractivity contribution in [2.75, 3.05) is 18.4 Å². The van der Waals surface area contributed by atoms with Crippen LogP contribution in [-0.4, -0.2) is 19.0 Å². The van der Waals surface area contributed by atoms with Crippen LogP contribution in [0.15, 0.2) is 18.2 Å². The molecule has 1 aromatic carbocycles. The highest BCUT2D eigenvalue weighted by Crippen LogP contribution is 2.28. The molecule has 1 heterocycles. The van der Waals surface area contributed by atoms with Crippen molar-refractivity contribution in [2.45, 2.75) is 19.8 Å². The lowest BCUT2D eigenvalue weighted by molar-refractivity contribution is -0.125. The summed E-state index contributed by atoms with van der Waals surface area (Å²) in [5, 5.41) is 5.61. The van der Waals surface area contributed by atoms with Crippen LogP contribution >= 0.6 is 12.4 Å². The van der Waals surface area contributed by atoms with E-state index in [4.69, 9.17) is 0 Å². The van der Waals surface area contributed by atoms with Crippen molar-refractivity contribution in [3.8, 4) is 0 Å². The molecule has 0 spiro atoms. The number of anilines is 1. The van der Waals surface area contributed by atoms with Gasteiger partial charge < -0.3 is 10.6 Å². The van der Waals surface area contributed by atoms with E-state index in [2.05, 4.69) is 10.6 Å². The van der Waals surface area contributed by atoms with Gasteiger partial charge in [-0.2, -0.15) is 0 Å². The number of rotatable bonds is 2. The first-order chi connectivity index (χ1) is 8.53. The Bertz CT molecular complexity index is 462. The third-order valence-corrected chi connectivity index (χ3v) is 3.35. The van der Waals surface area contributed by atoms with E-state index < -0.39 is 17.0 Å². The van der Waals surface area contributed by atoms with Gasteiger partial charge in [-0.05, 0) is 38.4 Å². The predicted molar refractivity (Wildman–Crippen MR) is 72.4 cm³/mol. The van der Waals surface area contributed by atoms with E-state index in [-0.39, 0.29) is 24.0 Å². The fraction of sp³-hybridized carbons (Fsp3) is 0.462. The molecule has 106 valence electrons. The lowest BCUT2D eigenvalue weighted by atomic mass is 9.82. The summed E-state index contributed by atoms with van der Waals surface area (Å²) in [7, 11) is 0. The molecule has 0 aromatic heterocycles. The highest BCUT2D eigenvalue weighted by Gasteiger charge is 2.35. The molecule has 1 aromatic rings. The molecule has 1 saturated heterocycles. The van der Waals surface area contributed by atoms with Gasteiger partial charge in [-0.25, -0.2) is 8.78 Å². The largest absolute Gasteiger partial charge is 0.323 e. The molecule has 0 bridgehead atoms. The third-order valence-electron chi connectivity index (χ3n) is 3.35. The summed E-state index contributed by atoms with van der Waals surface area (Å²) < 4.78 is 26.5. The molecule has 1 aliphatic heterocycles. The Morgan fingerprint density at radius 3 is 2.79 bits per heavy atom. The van der Waals surface area contributed by atoms with Crippen molar-refractivity contribution in [1.82, 2.24) is 5.32 Å². The number of amides is 1. The predicted octanol–water partition coefficient (Wildman–Crippen LogP) is 2.71. The molecule has 1 fully saturated rings. The maximum absolute atomic E-state index is 13.4. The molecule has 2 rings (SSSR count). The number of benzene rings is 1. The molecule has 1 aliphatic rings. The first-order valence-corrected chi connectivity index (χ1v) is 5.99. The highest BCUT2D eigenvalue weighted by atomic mass is 35.5. The van der Waals surface area contributed by atoms with Gasteiger partial charge in [-0.1, -0.05) is 6.07 Å². The Balaban J connectivity index is 0.00000180.